The summed E-state index contributed by atoms with van der Waals surface area (Å²) >= 11 is 1.47. The Labute approximate surface area is 154 Å². The SMILES string of the molecule is CCSc1nc(=O)c2c(n1C)NC(=O)C[C@@H]2c1ccc2c(c1)OCCO2. The number of benzene rings is 1. The molecule has 7 nitrogen and oxygen atoms in total. The van der Waals surface area contributed by atoms with E-state index in [0.717, 1.165) is 11.3 Å². The van der Waals surface area contributed by atoms with Crippen LogP contribution >= 0.6 is 11.8 Å². The van der Waals surface area contributed by atoms with Crippen LogP contribution in [0.25, 0.3) is 0 Å². The van der Waals surface area contributed by atoms with Gasteiger partial charge >= 0.3 is 0 Å². The van der Waals surface area contributed by atoms with Crippen molar-refractivity contribution in [1.82, 2.24) is 9.55 Å². The molecular weight excluding hydrogens is 354 g/mol. The van der Waals surface area contributed by atoms with Gasteiger partial charge in [-0.2, -0.15) is 4.98 Å². The lowest BCUT2D eigenvalue weighted by atomic mass is 9.86. The number of hydrogen-bond donors (Lipinski definition) is 1. The van der Waals surface area contributed by atoms with Gasteiger partial charge in [0.15, 0.2) is 16.7 Å². The minimum atomic E-state index is -0.360. The molecule has 1 atom stereocenters. The first-order valence-electron chi connectivity index (χ1n) is 8.51. The number of hydrogen-bond acceptors (Lipinski definition) is 6. The van der Waals surface area contributed by atoms with Gasteiger partial charge in [-0.25, -0.2) is 0 Å². The zero-order chi connectivity index (χ0) is 18.3. The normalized spacial score (nSPS) is 18.2. The van der Waals surface area contributed by atoms with Gasteiger partial charge in [-0.3, -0.25) is 9.59 Å². The summed E-state index contributed by atoms with van der Waals surface area (Å²) in [5.41, 5.74) is 1.07. The van der Waals surface area contributed by atoms with Crippen LogP contribution < -0.4 is 20.3 Å². The Bertz CT molecular complexity index is 941. The topological polar surface area (TPSA) is 82.5 Å². The molecule has 2 aliphatic rings. The molecule has 0 spiro atoms. The summed E-state index contributed by atoms with van der Waals surface area (Å²) in [4.78, 5) is 29.3. The monoisotopic (exact) mass is 373 g/mol. The van der Waals surface area contributed by atoms with Gasteiger partial charge in [-0.1, -0.05) is 24.8 Å². The molecule has 0 unspecified atom stereocenters. The average molecular weight is 373 g/mol. The summed E-state index contributed by atoms with van der Waals surface area (Å²) in [5.74, 6) is 2.16. The smallest absolute Gasteiger partial charge is 0.279 e. The highest BCUT2D eigenvalue weighted by Crippen LogP contribution is 2.39. The fraction of sp³-hybridized carbons (Fsp3) is 0.389. The van der Waals surface area contributed by atoms with Gasteiger partial charge in [0.25, 0.3) is 5.56 Å². The van der Waals surface area contributed by atoms with Crippen molar-refractivity contribution in [3.8, 4) is 11.5 Å². The van der Waals surface area contributed by atoms with Crippen molar-refractivity contribution in [1.29, 1.82) is 0 Å². The number of thioether (sulfide) groups is 1. The van der Waals surface area contributed by atoms with Crippen molar-refractivity contribution < 1.29 is 14.3 Å². The molecule has 4 rings (SSSR count). The largest absolute Gasteiger partial charge is 0.486 e. The van der Waals surface area contributed by atoms with Crippen LogP contribution in [0.3, 0.4) is 0 Å². The third-order valence-electron chi connectivity index (χ3n) is 4.54. The minimum absolute atomic E-state index is 0.119. The highest BCUT2D eigenvalue weighted by Gasteiger charge is 2.32. The maximum absolute atomic E-state index is 12.7. The Morgan fingerprint density at radius 1 is 1.27 bits per heavy atom. The molecule has 1 aromatic carbocycles. The summed E-state index contributed by atoms with van der Waals surface area (Å²) in [7, 11) is 1.82. The second-order valence-corrected chi connectivity index (χ2v) is 7.39. The summed E-state index contributed by atoms with van der Waals surface area (Å²) in [6, 6.07) is 5.57. The third-order valence-corrected chi connectivity index (χ3v) is 5.45. The Morgan fingerprint density at radius 2 is 2.04 bits per heavy atom. The lowest BCUT2D eigenvalue weighted by Crippen LogP contribution is -2.33. The van der Waals surface area contributed by atoms with E-state index in [2.05, 4.69) is 10.3 Å². The van der Waals surface area contributed by atoms with Gasteiger partial charge in [0.2, 0.25) is 5.91 Å². The molecular formula is C18H19N3O4S. The second-order valence-electron chi connectivity index (χ2n) is 6.16. The Morgan fingerprint density at radius 3 is 2.81 bits per heavy atom. The lowest BCUT2D eigenvalue weighted by Gasteiger charge is -2.28. The Balaban J connectivity index is 1.84. The quantitative estimate of drug-likeness (QED) is 0.656. The van der Waals surface area contributed by atoms with Crippen molar-refractivity contribution in [3.05, 3.63) is 39.7 Å². The molecule has 2 aromatic rings. The van der Waals surface area contributed by atoms with Gasteiger partial charge in [0.05, 0.1) is 5.56 Å². The predicted molar refractivity (Wildman–Crippen MR) is 98.4 cm³/mol. The van der Waals surface area contributed by atoms with Crippen LogP contribution in [0.1, 0.15) is 30.4 Å². The fourth-order valence-corrected chi connectivity index (χ4v) is 4.05. The molecule has 1 N–H and O–H groups in total. The van der Waals surface area contributed by atoms with E-state index in [9.17, 15) is 9.59 Å². The molecule has 0 fully saturated rings. The van der Waals surface area contributed by atoms with Crippen molar-refractivity contribution in [2.45, 2.75) is 24.4 Å². The van der Waals surface area contributed by atoms with Crippen LogP contribution in [0.5, 0.6) is 11.5 Å². The molecule has 0 saturated heterocycles. The van der Waals surface area contributed by atoms with Gasteiger partial charge < -0.3 is 19.4 Å². The first kappa shape index (κ1) is 17.0. The Kier molecular flexibility index (Phi) is 4.36. The molecule has 2 aliphatic heterocycles. The highest BCUT2D eigenvalue weighted by molar-refractivity contribution is 7.99. The number of rotatable bonds is 3. The maximum Gasteiger partial charge on any atom is 0.279 e. The van der Waals surface area contributed by atoms with Gasteiger partial charge in [0.1, 0.15) is 19.0 Å². The van der Waals surface area contributed by atoms with Crippen molar-refractivity contribution in [3.63, 3.8) is 0 Å². The third kappa shape index (κ3) is 2.84. The number of aromatic nitrogens is 2. The van der Waals surface area contributed by atoms with Crippen LogP contribution in [0, 0.1) is 0 Å². The maximum atomic E-state index is 12.7. The zero-order valence-corrected chi connectivity index (χ0v) is 15.4. The van der Waals surface area contributed by atoms with Crippen LogP contribution in [-0.4, -0.2) is 34.4 Å². The zero-order valence-electron chi connectivity index (χ0n) is 14.6. The first-order valence-corrected chi connectivity index (χ1v) is 9.50. The van der Waals surface area contributed by atoms with Crippen LogP contribution in [0.15, 0.2) is 28.2 Å². The molecule has 8 heteroatoms. The van der Waals surface area contributed by atoms with E-state index in [1.54, 1.807) is 4.57 Å². The van der Waals surface area contributed by atoms with Gasteiger partial charge in [-0.15, -0.1) is 0 Å². The lowest BCUT2D eigenvalue weighted by molar-refractivity contribution is -0.116. The van der Waals surface area contributed by atoms with E-state index >= 15 is 0 Å². The van der Waals surface area contributed by atoms with E-state index < -0.39 is 0 Å². The van der Waals surface area contributed by atoms with E-state index in [4.69, 9.17) is 9.47 Å². The number of nitrogens with one attached hydrogen (secondary N) is 1. The summed E-state index contributed by atoms with van der Waals surface area (Å²) in [5, 5.41) is 3.44. The number of carbonyl (C=O) groups excluding carboxylic acids is 1. The molecule has 0 saturated carbocycles. The van der Waals surface area contributed by atoms with Crippen molar-refractivity contribution >= 4 is 23.5 Å². The number of nitrogens with zero attached hydrogens (tertiary/aromatic N) is 2. The molecule has 1 amide bonds. The standard InChI is InChI=1S/C18H19N3O4S/c1-3-26-18-20-17(23)15-11(9-14(22)19-16(15)21(18)2)10-4-5-12-13(8-10)25-7-6-24-12/h4-5,8,11H,3,6-7,9H2,1-2H3,(H,19,22)/t11-/m1/s1. The van der Waals surface area contributed by atoms with E-state index in [1.807, 2.05) is 32.2 Å². The molecule has 26 heavy (non-hydrogen) atoms. The highest BCUT2D eigenvalue weighted by atomic mass is 32.2. The number of amides is 1. The fourth-order valence-electron chi connectivity index (χ4n) is 3.35. The number of anilines is 1. The van der Waals surface area contributed by atoms with Crippen molar-refractivity contribution in [2.24, 2.45) is 7.05 Å². The molecule has 0 aliphatic carbocycles. The molecule has 136 valence electrons. The van der Waals surface area contributed by atoms with Gasteiger partial charge in [0, 0.05) is 19.4 Å². The molecule has 3 heterocycles. The number of fused-ring (bicyclic) bond motifs is 2. The van der Waals surface area contributed by atoms with Crippen molar-refractivity contribution in [2.75, 3.05) is 24.3 Å². The minimum Gasteiger partial charge on any atom is -0.486 e. The van der Waals surface area contributed by atoms with Crippen LogP contribution in [-0.2, 0) is 11.8 Å². The van der Waals surface area contributed by atoms with E-state index in [0.29, 0.717) is 41.3 Å². The van der Waals surface area contributed by atoms with Crippen LogP contribution in [0.2, 0.25) is 0 Å². The summed E-state index contributed by atoms with van der Waals surface area (Å²) < 4.78 is 13.0. The molecule has 0 bridgehead atoms. The van der Waals surface area contributed by atoms with Gasteiger partial charge in [-0.05, 0) is 23.4 Å². The number of carbonyl (C=O) groups is 1. The average Bonchev–Trinajstić information content (AvgIpc) is 2.65. The summed E-state index contributed by atoms with van der Waals surface area (Å²) in [6.45, 7) is 3.00. The number of ether oxygens (including phenoxy) is 2. The summed E-state index contributed by atoms with van der Waals surface area (Å²) in [6.07, 6.45) is 0.198. The van der Waals surface area contributed by atoms with E-state index in [-0.39, 0.29) is 23.8 Å². The first-order chi connectivity index (χ1) is 12.6. The van der Waals surface area contributed by atoms with E-state index in [1.165, 1.54) is 11.8 Å². The molecule has 0 radical (unpaired) electrons. The molecule has 1 aromatic heterocycles. The van der Waals surface area contributed by atoms with Crippen LogP contribution in [0.4, 0.5) is 5.82 Å². The predicted octanol–water partition coefficient (Wildman–Crippen LogP) is 2.14. The Hall–Kier alpha value is -2.48. The second kappa shape index (κ2) is 6.68.